The largest absolute Gasteiger partial charge is 0.378 e. The summed E-state index contributed by atoms with van der Waals surface area (Å²) in [6, 6.07) is 17.0. The average Bonchev–Trinajstić information content (AvgIpc) is 3.23. The van der Waals surface area contributed by atoms with Gasteiger partial charge in [0.1, 0.15) is 5.25 Å². The van der Waals surface area contributed by atoms with Crippen LogP contribution >= 0.6 is 23.1 Å². The van der Waals surface area contributed by atoms with Gasteiger partial charge >= 0.3 is 4.87 Å². The van der Waals surface area contributed by atoms with E-state index in [9.17, 15) is 14.4 Å². The summed E-state index contributed by atoms with van der Waals surface area (Å²) in [6.07, 6.45) is 0. The van der Waals surface area contributed by atoms with Gasteiger partial charge in [0.05, 0.1) is 16.6 Å². The first-order chi connectivity index (χ1) is 14.5. The van der Waals surface area contributed by atoms with Crippen molar-refractivity contribution >= 4 is 46.3 Å². The number of hydrogen-bond donors (Lipinski definition) is 1. The van der Waals surface area contributed by atoms with Crippen molar-refractivity contribution in [2.45, 2.75) is 16.2 Å². The normalized spacial score (nSPS) is 22.7. The average molecular weight is 438 g/mol. The van der Waals surface area contributed by atoms with Crippen LogP contribution in [0.2, 0.25) is 0 Å². The summed E-state index contributed by atoms with van der Waals surface area (Å²) in [4.78, 5) is 45.8. The Morgan fingerprint density at radius 2 is 1.63 bits per heavy atom. The van der Waals surface area contributed by atoms with Gasteiger partial charge in [-0.25, -0.2) is 4.90 Å². The van der Waals surface area contributed by atoms with Crippen LogP contribution in [-0.2, 0) is 9.59 Å². The number of H-pyrrole nitrogens is 1. The summed E-state index contributed by atoms with van der Waals surface area (Å²) in [7, 11) is 3.93. The van der Waals surface area contributed by atoms with E-state index >= 15 is 0 Å². The SMILES string of the molecule is CN(C)c1ccc([C@@H]2c3sc(=O)[nH]c3S[C@H]3C(=O)N(c4ccccc4)C(=O)[C@@H]23)cc1. The number of rotatable bonds is 3. The lowest BCUT2D eigenvalue weighted by atomic mass is 9.83. The van der Waals surface area contributed by atoms with E-state index in [1.54, 1.807) is 12.1 Å². The third kappa shape index (κ3) is 2.90. The van der Waals surface area contributed by atoms with E-state index in [0.29, 0.717) is 10.7 Å². The molecule has 30 heavy (non-hydrogen) atoms. The topological polar surface area (TPSA) is 73.5 Å². The number of thioether (sulfide) groups is 1. The molecule has 5 rings (SSSR count). The monoisotopic (exact) mass is 437 g/mol. The Morgan fingerprint density at radius 1 is 0.933 bits per heavy atom. The number of benzene rings is 2. The van der Waals surface area contributed by atoms with E-state index < -0.39 is 11.2 Å². The smallest absolute Gasteiger partial charge is 0.305 e. The molecule has 1 N–H and O–H groups in total. The van der Waals surface area contributed by atoms with E-state index in [1.165, 1.54) is 16.7 Å². The van der Waals surface area contributed by atoms with Crippen LogP contribution < -0.4 is 14.7 Å². The highest BCUT2D eigenvalue weighted by atomic mass is 32.2. The molecular formula is C22H19N3O3S2. The minimum absolute atomic E-state index is 0.165. The molecule has 2 aromatic carbocycles. The number of carbonyl (C=O) groups excluding carboxylic acids is 2. The van der Waals surface area contributed by atoms with Crippen LogP contribution in [0.1, 0.15) is 16.4 Å². The fraction of sp³-hybridized carbons (Fsp3) is 0.227. The maximum absolute atomic E-state index is 13.5. The number of imide groups is 1. The molecule has 2 aliphatic rings. The van der Waals surface area contributed by atoms with Crippen LogP contribution in [0.5, 0.6) is 0 Å². The quantitative estimate of drug-likeness (QED) is 0.637. The predicted molar refractivity (Wildman–Crippen MR) is 120 cm³/mol. The number of para-hydroxylation sites is 1. The van der Waals surface area contributed by atoms with Crippen molar-refractivity contribution in [3.63, 3.8) is 0 Å². The van der Waals surface area contributed by atoms with Crippen molar-refractivity contribution in [1.82, 2.24) is 4.98 Å². The molecule has 8 heteroatoms. The number of amides is 2. The molecule has 3 heterocycles. The summed E-state index contributed by atoms with van der Waals surface area (Å²) >= 11 is 2.43. The number of carbonyl (C=O) groups is 2. The number of thiazole rings is 1. The maximum Gasteiger partial charge on any atom is 0.305 e. The number of aromatic amines is 1. The number of aromatic nitrogens is 1. The minimum Gasteiger partial charge on any atom is -0.378 e. The van der Waals surface area contributed by atoms with E-state index in [-0.39, 0.29) is 22.6 Å². The number of fused-ring (bicyclic) bond motifs is 2. The first kappa shape index (κ1) is 19.1. The molecule has 3 atom stereocenters. The Labute approximate surface area is 181 Å². The van der Waals surface area contributed by atoms with Crippen molar-refractivity contribution in [2.75, 3.05) is 23.9 Å². The first-order valence-corrected chi connectivity index (χ1v) is 11.2. The zero-order valence-electron chi connectivity index (χ0n) is 16.4. The molecule has 0 aliphatic carbocycles. The first-order valence-electron chi connectivity index (χ1n) is 9.55. The molecule has 1 saturated heterocycles. The molecule has 0 spiro atoms. The highest BCUT2D eigenvalue weighted by Gasteiger charge is 2.56. The van der Waals surface area contributed by atoms with Gasteiger partial charge in [0.25, 0.3) is 0 Å². The second kappa shape index (κ2) is 7.14. The van der Waals surface area contributed by atoms with Gasteiger partial charge in [-0.2, -0.15) is 0 Å². The fourth-order valence-electron chi connectivity index (χ4n) is 4.19. The van der Waals surface area contributed by atoms with Gasteiger partial charge in [-0.3, -0.25) is 14.4 Å². The van der Waals surface area contributed by atoms with E-state index in [1.807, 2.05) is 61.5 Å². The van der Waals surface area contributed by atoms with Gasteiger partial charge in [0.15, 0.2) is 0 Å². The van der Waals surface area contributed by atoms with Crippen molar-refractivity contribution in [3.05, 3.63) is 74.7 Å². The Hall–Kier alpha value is -2.84. The molecule has 1 aromatic heterocycles. The molecule has 3 aromatic rings. The lowest BCUT2D eigenvalue weighted by molar-refractivity contribution is -0.122. The Bertz CT molecular complexity index is 1180. The molecule has 0 unspecified atom stereocenters. The molecule has 1 fully saturated rings. The summed E-state index contributed by atoms with van der Waals surface area (Å²) in [5.74, 6) is -1.32. The van der Waals surface area contributed by atoms with Crippen LogP contribution in [0.3, 0.4) is 0 Å². The Kier molecular flexibility index (Phi) is 4.56. The second-order valence-corrected chi connectivity index (χ2v) is 9.75. The van der Waals surface area contributed by atoms with Gasteiger partial charge in [0.2, 0.25) is 11.8 Å². The van der Waals surface area contributed by atoms with Crippen molar-refractivity contribution in [2.24, 2.45) is 5.92 Å². The molecule has 2 aliphatic heterocycles. The van der Waals surface area contributed by atoms with Gasteiger partial charge in [0, 0.05) is 30.6 Å². The van der Waals surface area contributed by atoms with Crippen LogP contribution in [0.25, 0.3) is 0 Å². The van der Waals surface area contributed by atoms with Crippen LogP contribution in [-0.4, -0.2) is 36.1 Å². The standard InChI is InChI=1S/C22H19N3O3S2/c1-24(2)13-10-8-12(9-11-13)15-16-18(29-19-17(15)30-22(28)23-19)21(27)25(20(16)26)14-6-4-3-5-7-14/h3-11,15-16,18H,1-2H3,(H,23,28)/t15-,16-,18+/m0/s1. The highest BCUT2D eigenvalue weighted by molar-refractivity contribution is 8.00. The maximum atomic E-state index is 13.5. The summed E-state index contributed by atoms with van der Waals surface area (Å²) in [5.41, 5.74) is 2.56. The third-order valence-electron chi connectivity index (χ3n) is 5.61. The summed E-state index contributed by atoms with van der Waals surface area (Å²) < 4.78 is 0. The fourth-order valence-corrected chi connectivity index (χ4v) is 6.70. The number of hydrogen-bond acceptors (Lipinski definition) is 6. The zero-order valence-corrected chi connectivity index (χ0v) is 18.0. The molecule has 2 amide bonds. The molecular weight excluding hydrogens is 418 g/mol. The Morgan fingerprint density at radius 3 is 2.30 bits per heavy atom. The number of nitrogens with zero attached hydrogens (tertiary/aromatic N) is 2. The number of nitrogens with one attached hydrogen (secondary N) is 1. The van der Waals surface area contributed by atoms with Crippen LogP contribution in [0, 0.1) is 5.92 Å². The van der Waals surface area contributed by atoms with Gasteiger partial charge < -0.3 is 9.88 Å². The van der Waals surface area contributed by atoms with E-state index in [0.717, 1.165) is 27.5 Å². The van der Waals surface area contributed by atoms with Gasteiger partial charge in [-0.1, -0.05) is 53.4 Å². The second-order valence-electron chi connectivity index (χ2n) is 7.58. The van der Waals surface area contributed by atoms with Crippen molar-refractivity contribution in [3.8, 4) is 0 Å². The molecule has 152 valence electrons. The third-order valence-corrected chi connectivity index (χ3v) is 8.01. The zero-order chi connectivity index (χ0) is 21.0. The molecule has 6 nitrogen and oxygen atoms in total. The van der Waals surface area contributed by atoms with Crippen molar-refractivity contribution < 1.29 is 9.59 Å². The van der Waals surface area contributed by atoms with Crippen LogP contribution in [0.15, 0.2) is 64.4 Å². The summed E-state index contributed by atoms with van der Waals surface area (Å²) in [6.45, 7) is 0. The van der Waals surface area contributed by atoms with Crippen LogP contribution in [0.4, 0.5) is 11.4 Å². The highest BCUT2D eigenvalue weighted by Crippen LogP contribution is 2.53. The number of anilines is 2. The molecule has 0 saturated carbocycles. The lowest BCUT2D eigenvalue weighted by Crippen LogP contribution is -2.32. The summed E-state index contributed by atoms with van der Waals surface area (Å²) in [5, 5.41) is 0.137. The molecule has 0 bridgehead atoms. The van der Waals surface area contributed by atoms with E-state index in [2.05, 4.69) is 4.98 Å². The minimum atomic E-state index is -0.561. The van der Waals surface area contributed by atoms with Gasteiger partial charge in [-0.15, -0.1) is 0 Å². The van der Waals surface area contributed by atoms with E-state index in [4.69, 9.17) is 0 Å². The molecule has 0 radical (unpaired) electrons. The lowest BCUT2D eigenvalue weighted by Gasteiger charge is -2.30. The van der Waals surface area contributed by atoms with Crippen molar-refractivity contribution in [1.29, 1.82) is 0 Å². The van der Waals surface area contributed by atoms with Gasteiger partial charge in [-0.05, 0) is 29.8 Å². The Balaban J connectivity index is 1.63. The predicted octanol–water partition coefficient (Wildman–Crippen LogP) is 3.30.